The molecule has 0 amide bonds. The average molecular weight is 286 g/mol. The predicted octanol–water partition coefficient (Wildman–Crippen LogP) is 4.71. The van der Waals surface area contributed by atoms with Crippen molar-refractivity contribution in [3.63, 3.8) is 0 Å². The Bertz CT molecular complexity index is 344. The lowest BCUT2D eigenvalue weighted by atomic mass is 9.94. The summed E-state index contributed by atoms with van der Waals surface area (Å²) in [5.41, 5.74) is 1.33. The molecule has 1 aliphatic rings. The maximum Gasteiger partial charge on any atom is 0.0406 e. The van der Waals surface area contributed by atoms with Crippen LogP contribution in [0, 0.1) is 0 Å². The van der Waals surface area contributed by atoms with Gasteiger partial charge in [-0.2, -0.15) is 0 Å². The Balaban J connectivity index is 1.98. The fraction of sp³-hybridized carbons (Fsp3) is 0.600. The van der Waals surface area contributed by atoms with E-state index in [0.717, 1.165) is 18.1 Å². The Morgan fingerprint density at radius 1 is 1.06 bits per heavy atom. The van der Waals surface area contributed by atoms with Crippen molar-refractivity contribution in [1.29, 1.82) is 0 Å². The van der Waals surface area contributed by atoms with Gasteiger partial charge in [0.25, 0.3) is 0 Å². The van der Waals surface area contributed by atoms with Gasteiger partial charge in [0.2, 0.25) is 0 Å². The van der Waals surface area contributed by atoms with Crippen molar-refractivity contribution < 1.29 is 0 Å². The molecule has 2 rings (SSSR count). The molecule has 0 saturated heterocycles. The molecular weight excluding hydrogens is 265 g/mol. The Labute approximate surface area is 120 Å². The second kappa shape index (κ2) is 7.37. The van der Waals surface area contributed by atoms with Crippen LogP contribution in [0.25, 0.3) is 0 Å². The summed E-state index contributed by atoms with van der Waals surface area (Å²) in [5, 5.41) is 0.806. The minimum Gasteiger partial charge on any atom is -0.295 e. The lowest BCUT2D eigenvalue weighted by molar-refractivity contribution is 0.157. The van der Waals surface area contributed by atoms with E-state index in [9.17, 15) is 0 Å². The summed E-state index contributed by atoms with van der Waals surface area (Å²) < 4.78 is 0. The van der Waals surface area contributed by atoms with Gasteiger partial charge in [0, 0.05) is 30.0 Å². The van der Waals surface area contributed by atoms with Gasteiger partial charge >= 0.3 is 0 Å². The molecule has 0 aromatic heterocycles. The summed E-state index contributed by atoms with van der Waals surface area (Å²) in [4.78, 5) is 2.54. The summed E-state index contributed by atoms with van der Waals surface area (Å²) in [5.74, 6) is 0.712. The maximum atomic E-state index is 5.94. The molecule has 0 heterocycles. The third kappa shape index (κ3) is 4.15. The van der Waals surface area contributed by atoms with Crippen molar-refractivity contribution in [3.05, 3.63) is 34.9 Å². The highest BCUT2D eigenvalue weighted by molar-refractivity contribution is 6.30. The van der Waals surface area contributed by atoms with Gasteiger partial charge in [-0.15, -0.1) is 11.6 Å². The van der Waals surface area contributed by atoms with Crippen LogP contribution in [0.2, 0.25) is 5.02 Å². The molecule has 1 aromatic carbocycles. The highest BCUT2D eigenvalue weighted by atomic mass is 35.5. The van der Waals surface area contributed by atoms with Crippen molar-refractivity contribution in [2.45, 2.75) is 44.7 Å². The van der Waals surface area contributed by atoms with Crippen molar-refractivity contribution in [3.8, 4) is 0 Å². The van der Waals surface area contributed by atoms with Crippen LogP contribution < -0.4 is 0 Å². The normalized spacial score (nSPS) is 17.3. The molecule has 0 spiro atoms. The van der Waals surface area contributed by atoms with Crippen LogP contribution >= 0.6 is 23.2 Å². The molecule has 0 bridgehead atoms. The lowest BCUT2D eigenvalue weighted by Gasteiger charge is -2.34. The zero-order valence-corrected chi connectivity index (χ0v) is 12.3. The first kappa shape index (κ1) is 14.2. The van der Waals surface area contributed by atoms with Gasteiger partial charge in [0.15, 0.2) is 0 Å². The van der Waals surface area contributed by atoms with Crippen LogP contribution in [0.15, 0.2) is 24.3 Å². The summed E-state index contributed by atoms with van der Waals surface area (Å²) in [6, 6.07) is 8.89. The summed E-state index contributed by atoms with van der Waals surface area (Å²) in [7, 11) is 0. The Morgan fingerprint density at radius 2 is 1.72 bits per heavy atom. The third-order valence-corrected chi connectivity index (χ3v) is 4.18. The molecule has 3 heteroatoms. The number of hydrogen-bond donors (Lipinski definition) is 0. The molecular formula is C15H21Cl2N. The van der Waals surface area contributed by atoms with E-state index in [-0.39, 0.29) is 0 Å². The minimum absolute atomic E-state index is 0.712. The SMILES string of the molecule is ClCCN(Cc1ccc(Cl)cc1)C1CCCCC1. The van der Waals surface area contributed by atoms with Crippen LogP contribution in [-0.4, -0.2) is 23.4 Å². The second-order valence-electron chi connectivity index (χ2n) is 5.08. The van der Waals surface area contributed by atoms with E-state index in [2.05, 4.69) is 17.0 Å². The van der Waals surface area contributed by atoms with Crippen LogP contribution in [0.4, 0.5) is 0 Å². The van der Waals surface area contributed by atoms with Crippen LogP contribution in [0.3, 0.4) is 0 Å². The summed E-state index contributed by atoms with van der Waals surface area (Å²) in [6.45, 7) is 1.98. The summed E-state index contributed by atoms with van der Waals surface area (Å²) >= 11 is 11.9. The first-order chi connectivity index (χ1) is 8.79. The molecule has 1 aliphatic carbocycles. The Morgan fingerprint density at radius 3 is 2.33 bits per heavy atom. The van der Waals surface area contributed by atoms with E-state index < -0.39 is 0 Å². The Kier molecular flexibility index (Phi) is 5.81. The Hall–Kier alpha value is -0.240. The fourth-order valence-electron chi connectivity index (χ4n) is 2.77. The van der Waals surface area contributed by atoms with Gasteiger partial charge in [-0.1, -0.05) is 43.0 Å². The van der Waals surface area contributed by atoms with Crippen LogP contribution in [0.1, 0.15) is 37.7 Å². The van der Waals surface area contributed by atoms with Gasteiger partial charge in [0.05, 0.1) is 0 Å². The van der Waals surface area contributed by atoms with Gasteiger partial charge in [0.1, 0.15) is 0 Å². The highest BCUT2D eigenvalue weighted by Crippen LogP contribution is 2.24. The van der Waals surface area contributed by atoms with E-state index >= 15 is 0 Å². The van der Waals surface area contributed by atoms with E-state index in [1.807, 2.05) is 12.1 Å². The first-order valence-electron chi connectivity index (χ1n) is 6.84. The maximum absolute atomic E-state index is 5.94. The number of rotatable bonds is 5. The number of nitrogens with zero attached hydrogens (tertiary/aromatic N) is 1. The molecule has 18 heavy (non-hydrogen) atoms. The van der Waals surface area contributed by atoms with E-state index in [1.165, 1.54) is 37.7 Å². The van der Waals surface area contributed by atoms with E-state index in [1.54, 1.807) is 0 Å². The van der Waals surface area contributed by atoms with Gasteiger partial charge in [-0.25, -0.2) is 0 Å². The van der Waals surface area contributed by atoms with Gasteiger partial charge < -0.3 is 0 Å². The molecule has 0 atom stereocenters. The van der Waals surface area contributed by atoms with Gasteiger partial charge in [-0.3, -0.25) is 4.90 Å². The number of benzene rings is 1. The van der Waals surface area contributed by atoms with Gasteiger partial charge in [-0.05, 0) is 30.5 Å². The zero-order chi connectivity index (χ0) is 12.8. The van der Waals surface area contributed by atoms with Crippen LogP contribution in [0.5, 0.6) is 0 Å². The van der Waals surface area contributed by atoms with Crippen molar-refractivity contribution >= 4 is 23.2 Å². The van der Waals surface area contributed by atoms with E-state index in [4.69, 9.17) is 23.2 Å². The molecule has 1 nitrogen and oxygen atoms in total. The van der Waals surface area contributed by atoms with Crippen LogP contribution in [-0.2, 0) is 6.54 Å². The number of hydrogen-bond acceptors (Lipinski definition) is 1. The summed E-state index contributed by atoms with van der Waals surface area (Å²) in [6.07, 6.45) is 6.77. The minimum atomic E-state index is 0.712. The third-order valence-electron chi connectivity index (χ3n) is 3.76. The predicted molar refractivity (Wildman–Crippen MR) is 79.5 cm³/mol. The molecule has 1 saturated carbocycles. The number of halogens is 2. The zero-order valence-electron chi connectivity index (χ0n) is 10.7. The number of alkyl halides is 1. The topological polar surface area (TPSA) is 3.24 Å². The quantitative estimate of drug-likeness (QED) is 0.708. The monoisotopic (exact) mass is 285 g/mol. The second-order valence-corrected chi connectivity index (χ2v) is 5.89. The molecule has 1 fully saturated rings. The van der Waals surface area contributed by atoms with E-state index in [0.29, 0.717) is 11.9 Å². The standard InChI is InChI=1S/C15H21Cl2N/c16-10-11-18(15-4-2-1-3-5-15)12-13-6-8-14(17)9-7-13/h6-9,15H,1-5,10-12H2. The molecule has 1 aromatic rings. The van der Waals surface area contributed by atoms with Crippen molar-refractivity contribution in [2.75, 3.05) is 12.4 Å². The molecule has 0 unspecified atom stereocenters. The fourth-order valence-corrected chi connectivity index (χ4v) is 3.11. The lowest BCUT2D eigenvalue weighted by Crippen LogP contribution is -2.37. The average Bonchev–Trinajstić information content (AvgIpc) is 2.42. The van der Waals surface area contributed by atoms with Crippen molar-refractivity contribution in [2.24, 2.45) is 0 Å². The van der Waals surface area contributed by atoms with Crippen molar-refractivity contribution in [1.82, 2.24) is 4.90 Å². The highest BCUT2D eigenvalue weighted by Gasteiger charge is 2.20. The molecule has 0 N–H and O–H groups in total. The smallest absolute Gasteiger partial charge is 0.0406 e. The molecule has 100 valence electrons. The largest absolute Gasteiger partial charge is 0.295 e. The molecule has 0 aliphatic heterocycles. The first-order valence-corrected chi connectivity index (χ1v) is 7.75. The molecule has 0 radical (unpaired) electrons.